The van der Waals surface area contributed by atoms with Crippen molar-refractivity contribution in [2.75, 3.05) is 0 Å². The molecule has 0 saturated carbocycles. The van der Waals surface area contributed by atoms with Gasteiger partial charge in [-0.05, 0) is 6.92 Å². The largest absolute Gasteiger partial charge is 0.425 e. The van der Waals surface area contributed by atoms with Crippen LogP contribution in [0.5, 0.6) is 0 Å². The van der Waals surface area contributed by atoms with Gasteiger partial charge in [-0.25, -0.2) is 0 Å². The van der Waals surface area contributed by atoms with E-state index in [9.17, 15) is 0 Å². The Morgan fingerprint density at radius 1 is 0.889 bits per heavy atom. The Kier molecular flexibility index (Phi) is 5.40. The summed E-state index contributed by atoms with van der Waals surface area (Å²) in [5.74, 6) is 2.22. The molecule has 0 aliphatic carbocycles. The van der Waals surface area contributed by atoms with E-state index in [0.717, 1.165) is 10.0 Å². The van der Waals surface area contributed by atoms with Crippen molar-refractivity contribution in [2.45, 2.75) is 53.4 Å². The van der Waals surface area contributed by atoms with E-state index in [0.29, 0.717) is 23.6 Å². The molecule has 0 bridgehead atoms. The number of aryl methyl sites for hydroxylation is 2. The zero-order valence-electron chi connectivity index (χ0n) is 11.8. The minimum Gasteiger partial charge on any atom is -0.425 e. The normalized spacial score (nSPS) is 10.7. The standard InChI is InChI=1S/C6H10N2O.C6H10N2S/c2*1-4(2)6-8-7-5(3)9-6/h2*4H,1-3H3. The van der Waals surface area contributed by atoms with Crippen molar-refractivity contribution < 1.29 is 4.42 Å². The average Bonchev–Trinajstić information content (AvgIpc) is 2.88. The van der Waals surface area contributed by atoms with Gasteiger partial charge in [0.25, 0.3) is 0 Å². The molecule has 0 aliphatic rings. The van der Waals surface area contributed by atoms with E-state index in [1.807, 2.05) is 20.8 Å². The summed E-state index contributed by atoms with van der Waals surface area (Å²) < 4.78 is 5.12. The van der Waals surface area contributed by atoms with Gasteiger partial charge in [-0.2, -0.15) is 0 Å². The molecule has 6 heteroatoms. The van der Waals surface area contributed by atoms with Crippen LogP contribution in [-0.2, 0) is 0 Å². The SMILES string of the molecule is Cc1nnc(C(C)C)o1.Cc1nnc(C(C)C)s1. The quantitative estimate of drug-likeness (QED) is 0.834. The van der Waals surface area contributed by atoms with Crippen molar-refractivity contribution in [3.63, 3.8) is 0 Å². The van der Waals surface area contributed by atoms with Crippen LogP contribution in [0, 0.1) is 13.8 Å². The average molecular weight is 268 g/mol. The minimum atomic E-state index is 0.339. The molecule has 0 radical (unpaired) electrons. The maximum absolute atomic E-state index is 5.12. The summed E-state index contributed by atoms with van der Waals surface area (Å²) in [5, 5.41) is 17.6. The molecular weight excluding hydrogens is 248 g/mol. The number of rotatable bonds is 2. The molecule has 0 atom stereocenters. The lowest BCUT2D eigenvalue weighted by Crippen LogP contribution is -1.85. The molecule has 0 saturated heterocycles. The molecule has 0 aromatic carbocycles. The highest BCUT2D eigenvalue weighted by atomic mass is 32.1. The zero-order valence-corrected chi connectivity index (χ0v) is 12.6. The number of aromatic nitrogens is 4. The molecule has 5 nitrogen and oxygen atoms in total. The predicted molar refractivity (Wildman–Crippen MR) is 71.9 cm³/mol. The van der Waals surface area contributed by atoms with E-state index in [1.165, 1.54) is 0 Å². The second-order valence-corrected chi connectivity index (χ2v) is 5.84. The first-order valence-electron chi connectivity index (χ1n) is 6.00. The lowest BCUT2D eigenvalue weighted by Gasteiger charge is -1.92. The van der Waals surface area contributed by atoms with Gasteiger partial charge in [-0.15, -0.1) is 31.7 Å². The van der Waals surface area contributed by atoms with E-state index in [1.54, 1.807) is 18.3 Å². The minimum absolute atomic E-state index is 0.339. The van der Waals surface area contributed by atoms with Crippen molar-refractivity contribution in [1.29, 1.82) is 0 Å². The highest BCUT2D eigenvalue weighted by molar-refractivity contribution is 7.11. The van der Waals surface area contributed by atoms with Crippen LogP contribution in [0.25, 0.3) is 0 Å². The third-order valence-corrected chi connectivity index (χ3v) is 3.21. The Hall–Kier alpha value is -1.30. The van der Waals surface area contributed by atoms with E-state index >= 15 is 0 Å². The summed E-state index contributed by atoms with van der Waals surface area (Å²) in [6, 6.07) is 0. The molecule has 2 aromatic rings. The van der Waals surface area contributed by atoms with Crippen molar-refractivity contribution in [2.24, 2.45) is 0 Å². The second kappa shape index (κ2) is 6.58. The molecule has 0 spiro atoms. The van der Waals surface area contributed by atoms with Crippen LogP contribution in [0.2, 0.25) is 0 Å². The molecule has 0 amide bonds. The van der Waals surface area contributed by atoms with Gasteiger partial charge in [-0.3, -0.25) is 0 Å². The zero-order chi connectivity index (χ0) is 13.7. The van der Waals surface area contributed by atoms with Crippen molar-refractivity contribution in [3.05, 3.63) is 21.8 Å². The van der Waals surface area contributed by atoms with Crippen molar-refractivity contribution >= 4 is 11.3 Å². The van der Waals surface area contributed by atoms with Gasteiger partial charge in [0.2, 0.25) is 11.8 Å². The van der Waals surface area contributed by atoms with Gasteiger partial charge in [0.15, 0.2) is 0 Å². The molecule has 2 heterocycles. The number of hydrogen-bond donors (Lipinski definition) is 0. The summed E-state index contributed by atoms with van der Waals surface area (Å²) in [7, 11) is 0. The monoisotopic (exact) mass is 268 g/mol. The van der Waals surface area contributed by atoms with Gasteiger partial charge in [0.1, 0.15) is 10.0 Å². The molecule has 2 aromatic heterocycles. The molecule has 0 aliphatic heterocycles. The van der Waals surface area contributed by atoms with Crippen molar-refractivity contribution in [1.82, 2.24) is 20.4 Å². The van der Waals surface area contributed by atoms with Crippen LogP contribution in [0.1, 0.15) is 61.3 Å². The van der Waals surface area contributed by atoms with E-state index in [-0.39, 0.29) is 0 Å². The van der Waals surface area contributed by atoms with Crippen LogP contribution in [0.4, 0.5) is 0 Å². The summed E-state index contributed by atoms with van der Waals surface area (Å²) >= 11 is 1.67. The van der Waals surface area contributed by atoms with Gasteiger partial charge in [-0.1, -0.05) is 27.7 Å². The first-order valence-corrected chi connectivity index (χ1v) is 6.81. The fraction of sp³-hybridized carbons (Fsp3) is 0.667. The summed E-state index contributed by atoms with van der Waals surface area (Å²) in [5.41, 5.74) is 0. The van der Waals surface area contributed by atoms with Crippen LogP contribution in [0.3, 0.4) is 0 Å². The van der Waals surface area contributed by atoms with Crippen LogP contribution >= 0.6 is 11.3 Å². The topological polar surface area (TPSA) is 64.7 Å². The highest BCUT2D eigenvalue weighted by Gasteiger charge is 2.05. The van der Waals surface area contributed by atoms with Crippen LogP contribution in [0.15, 0.2) is 4.42 Å². The smallest absolute Gasteiger partial charge is 0.219 e. The molecule has 100 valence electrons. The molecule has 0 N–H and O–H groups in total. The summed E-state index contributed by atoms with van der Waals surface area (Å²) in [6.07, 6.45) is 0. The van der Waals surface area contributed by atoms with Gasteiger partial charge in [0.05, 0.1) is 0 Å². The van der Waals surface area contributed by atoms with Crippen molar-refractivity contribution in [3.8, 4) is 0 Å². The summed E-state index contributed by atoms with van der Waals surface area (Å²) in [6.45, 7) is 12.1. The summed E-state index contributed by atoms with van der Waals surface area (Å²) in [4.78, 5) is 0. The lowest BCUT2D eigenvalue weighted by atomic mass is 10.2. The van der Waals surface area contributed by atoms with Gasteiger partial charge in [0, 0.05) is 18.8 Å². The lowest BCUT2D eigenvalue weighted by molar-refractivity contribution is 0.448. The predicted octanol–water partition coefficient (Wildman–Crippen LogP) is 3.47. The first-order chi connectivity index (χ1) is 8.40. The Labute approximate surface area is 112 Å². The Balaban J connectivity index is 0.000000180. The van der Waals surface area contributed by atoms with E-state index in [2.05, 4.69) is 34.2 Å². The second-order valence-electron chi connectivity index (χ2n) is 4.63. The number of nitrogens with zero attached hydrogens (tertiary/aromatic N) is 4. The maximum atomic E-state index is 5.12. The first kappa shape index (κ1) is 14.8. The fourth-order valence-corrected chi connectivity index (χ4v) is 1.79. The molecule has 2 rings (SSSR count). The molecular formula is C12H20N4OS. The van der Waals surface area contributed by atoms with Crippen LogP contribution in [-0.4, -0.2) is 20.4 Å². The Bertz CT molecular complexity index is 432. The molecule has 0 fully saturated rings. The van der Waals surface area contributed by atoms with E-state index < -0.39 is 0 Å². The Morgan fingerprint density at radius 3 is 1.78 bits per heavy atom. The highest BCUT2D eigenvalue weighted by Crippen LogP contribution is 2.17. The third-order valence-electron chi connectivity index (χ3n) is 2.07. The van der Waals surface area contributed by atoms with E-state index in [4.69, 9.17) is 4.42 Å². The van der Waals surface area contributed by atoms with Gasteiger partial charge < -0.3 is 4.42 Å². The third kappa shape index (κ3) is 4.52. The van der Waals surface area contributed by atoms with Crippen LogP contribution < -0.4 is 0 Å². The van der Waals surface area contributed by atoms with Gasteiger partial charge >= 0.3 is 0 Å². The fourth-order valence-electron chi connectivity index (χ4n) is 1.09. The molecule has 18 heavy (non-hydrogen) atoms. The maximum Gasteiger partial charge on any atom is 0.219 e. The Morgan fingerprint density at radius 2 is 1.56 bits per heavy atom. The number of hydrogen-bond acceptors (Lipinski definition) is 6. The molecule has 0 unspecified atom stereocenters.